The Morgan fingerprint density at radius 1 is 0.759 bits per heavy atom. The van der Waals surface area contributed by atoms with Crippen molar-refractivity contribution in [1.29, 1.82) is 0 Å². The van der Waals surface area contributed by atoms with Gasteiger partial charge in [-0.25, -0.2) is 4.79 Å². The van der Waals surface area contributed by atoms with E-state index >= 15 is 0 Å². The number of aliphatic hydroxyl groups is 8. The van der Waals surface area contributed by atoms with E-state index in [1.807, 2.05) is 6.92 Å². The number of ether oxygens (including phenoxy) is 4. The minimum Gasteiger partial charge on any atom is -0.481 e. The molecule has 20 atom stereocenters. The number of aliphatic hydroxyl groups excluding tert-OH is 8. The summed E-state index contributed by atoms with van der Waals surface area (Å²) in [4.78, 5) is 25.6. The second kappa shape index (κ2) is 14.9. The average Bonchev–Trinajstić information content (AvgIpc) is 3.15. The summed E-state index contributed by atoms with van der Waals surface area (Å²) >= 11 is 0. The van der Waals surface area contributed by atoms with Gasteiger partial charge in [0.1, 0.15) is 42.7 Å². The van der Waals surface area contributed by atoms with Gasteiger partial charge in [0.05, 0.1) is 30.8 Å². The first-order valence-corrected chi connectivity index (χ1v) is 21.0. The van der Waals surface area contributed by atoms with Crippen LogP contribution in [0.5, 0.6) is 0 Å². The lowest BCUT2D eigenvalue weighted by molar-refractivity contribution is -0.369. The van der Waals surface area contributed by atoms with Gasteiger partial charge in [0, 0.05) is 5.41 Å². The van der Waals surface area contributed by atoms with Crippen LogP contribution in [0.3, 0.4) is 0 Å². The third-order valence-electron chi connectivity index (χ3n) is 17.3. The van der Waals surface area contributed by atoms with Crippen LogP contribution < -0.4 is 0 Å². The lowest BCUT2D eigenvalue weighted by Crippen LogP contribution is -2.70. The first-order chi connectivity index (χ1) is 27.0. The Bertz CT molecular complexity index is 1620. The second-order valence-electron chi connectivity index (χ2n) is 20.7. The molecule has 2 heterocycles. The van der Waals surface area contributed by atoms with E-state index < -0.39 is 115 Å². The van der Waals surface area contributed by atoms with Gasteiger partial charge < -0.3 is 70.0 Å². The minimum absolute atomic E-state index is 0.0178. The lowest BCUT2D eigenvalue weighted by Gasteiger charge is -2.71. The molecule has 7 aliphatic rings. The highest BCUT2D eigenvalue weighted by Gasteiger charge is 2.71. The first kappa shape index (κ1) is 44.3. The predicted molar refractivity (Wildman–Crippen MR) is 201 cm³/mol. The van der Waals surface area contributed by atoms with E-state index in [9.17, 15) is 60.7 Å². The molecule has 58 heavy (non-hydrogen) atoms. The van der Waals surface area contributed by atoms with Gasteiger partial charge in [-0.1, -0.05) is 53.2 Å². The van der Waals surface area contributed by atoms with Crippen LogP contribution >= 0.6 is 0 Å². The molecular formula is C42H66O16. The number of carboxylic acid groups (broad SMARTS) is 2. The fourth-order valence-electron chi connectivity index (χ4n) is 13.8. The maximum atomic E-state index is 13.1. The molecule has 330 valence electrons. The number of hydrogen-bond acceptors (Lipinski definition) is 14. The molecule has 2 saturated heterocycles. The van der Waals surface area contributed by atoms with Gasteiger partial charge in [0.2, 0.25) is 0 Å². The lowest BCUT2D eigenvalue weighted by atomic mass is 9.33. The highest BCUT2D eigenvalue weighted by atomic mass is 16.7. The van der Waals surface area contributed by atoms with Crippen LogP contribution in [0.15, 0.2) is 11.6 Å². The van der Waals surface area contributed by atoms with Crippen molar-refractivity contribution in [3.8, 4) is 0 Å². The van der Waals surface area contributed by atoms with E-state index in [2.05, 4.69) is 40.7 Å². The van der Waals surface area contributed by atoms with Crippen molar-refractivity contribution in [3.05, 3.63) is 11.6 Å². The molecule has 0 bridgehead atoms. The van der Waals surface area contributed by atoms with Crippen molar-refractivity contribution >= 4 is 11.9 Å². The van der Waals surface area contributed by atoms with E-state index in [4.69, 9.17) is 18.9 Å². The summed E-state index contributed by atoms with van der Waals surface area (Å²) < 4.78 is 22.9. The summed E-state index contributed by atoms with van der Waals surface area (Å²) in [6, 6.07) is 0. The quantitative estimate of drug-likeness (QED) is 0.120. The maximum Gasteiger partial charge on any atom is 0.335 e. The van der Waals surface area contributed by atoms with E-state index in [1.165, 1.54) is 5.57 Å². The Labute approximate surface area is 339 Å². The van der Waals surface area contributed by atoms with E-state index in [0.717, 1.165) is 25.7 Å². The molecule has 7 rings (SSSR count). The van der Waals surface area contributed by atoms with Gasteiger partial charge in [0.15, 0.2) is 18.7 Å². The van der Waals surface area contributed by atoms with Gasteiger partial charge >= 0.3 is 11.9 Å². The number of carbonyl (C=O) groups is 2. The van der Waals surface area contributed by atoms with Crippen molar-refractivity contribution in [2.75, 3.05) is 13.2 Å². The van der Waals surface area contributed by atoms with Gasteiger partial charge in [-0.2, -0.15) is 0 Å². The third-order valence-corrected chi connectivity index (χ3v) is 17.3. The summed E-state index contributed by atoms with van der Waals surface area (Å²) in [5.74, 6) is -2.57. The van der Waals surface area contributed by atoms with Crippen LogP contribution in [0, 0.1) is 50.2 Å². The molecule has 4 saturated carbocycles. The molecule has 2 aliphatic heterocycles. The maximum absolute atomic E-state index is 13.1. The molecule has 0 radical (unpaired) electrons. The number of allylic oxidation sites excluding steroid dienone is 2. The number of rotatable bonds is 8. The largest absolute Gasteiger partial charge is 0.481 e. The monoisotopic (exact) mass is 826 g/mol. The molecule has 5 aliphatic carbocycles. The minimum atomic E-state index is -2.02. The van der Waals surface area contributed by atoms with Gasteiger partial charge in [-0.3, -0.25) is 4.79 Å². The fourth-order valence-corrected chi connectivity index (χ4v) is 13.8. The Morgan fingerprint density at radius 2 is 1.40 bits per heavy atom. The van der Waals surface area contributed by atoms with Crippen molar-refractivity contribution < 1.29 is 79.6 Å². The Morgan fingerprint density at radius 3 is 2.02 bits per heavy atom. The summed E-state index contributed by atoms with van der Waals surface area (Å²) in [6.07, 6.45) is -12.5. The molecule has 10 N–H and O–H groups in total. The third kappa shape index (κ3) is 6.37. The summed E-state index contributed by atoms with van der Waals surface area (Å²) in [5, 5.41) is 107. The average molecular weight is 827 g/mol. The summed E-state index contributed by atoms with van der Waals surface area (Å²) in [7, 11) is 0. The van der Waals surface area contributed by atoms with E-state index in [1.54, 1.807) is 0 Å². The van der Waals surface area contributed by atoms with Crippen molar-refractivity contribution in [2.24, 2.45) is 50.2 Å². The zero-order valence-corrected chi connectivity index (χ0v) is 34.4. The molecule has 0 amide bonds. The Balaban J connectivity index is 1.14. The second-order valence-corrected chi connectivity index (χ2v) is 20.7. The molecule has 0 aromatic rings. The zero-order chi connectivity index (χ0) is 42.7. The highest BCUT2D eigenvalue weighted by molar-refractivity contribution is 5.76. The fraction of sp³-hybridized carbons (Fsp3) is 0.905. The standard InChI is InChI=1S/C42H66O16/c1-37(2)11-13-42(36(53)54)14-12-40(5)19(20(42)15-37)7-8-24-38(3)16-21(45)32(39(4,18-44)23(38)9-10-41(24,40)6)58-35-29(50)27(48)30(31(57-35)33(51)52)56-34-28(49)26(47)25(46)22(17-43)55-34/h7,20-32,34-35,43-50H,8-18H2,1-6H3,(H,51,52)(H,53,54)/t20-,21+,22-,23-,24-,25+,26+,27-,28-,29-,30+,31+,32+,34+,35+,38+,39+,40-,41-,42+/m1/s1. The van der Waals surface area contributed by atoms with Crippen molar-refractivity contribution in [1.82, 2.24) is 0 Å². The van der Waals surface area contributed by atoms with Crippen LogP contribution in [0.25, 0.3) is 0 Å². The van der Waals surface area contributed by atoms with Crippen LogP contribution in [-0.2, 0) is 28.5 Å². The van der Waals surface area contributed by atoms with Crippen molar-refractivity contribution in [3.63, 3.8) is 0 Å². The smallest absolute Gasteiger partial charge is 0.335 e. The van der Waals surface area contributed by atoms with Crippen LogP contribution in [0.1, 0.15) is 99.3 Å². The molecule has 0 aromatic heterocycles. The van der Waals surface area contributed by atoms with E-state index in [0.29, 0.717) is 25.7 Å². The number of aliphatic carboxylic acids is 2. The number of hydrogen-bond donors (Lipinski definition) is 10. The van der Waals surface area contributed by atoms with Gasteiger partial charge in [0.25, 0.3) is 0 Å². The Kier molecular flexibility index (Phi) is 11.4. The topological polar surface area (TPSA) is 273 Å². The first-order valence-electron chi connectivity index (χ1n) is 21.0. The number of fused-ring (bicyclic) bond motifs is 7. The molecule has 0 aromatic carbocycles. The normalized spacial score (nSPS) is 53.9. The Hall–Kier alpha value is -1.80. The molecule has 6 fully saturated rings. The zero-order valence-electron chi connectivity index (χ0n) is 34.4. The van der Waals surface area contributed by atoms with Crippen LogP contribution in [-0.4, -0.2) is 150 Å². The molecule has 16 heteroatoms. The molecular weight excluding hydrogens is 760 g/mol. The predicted octanol–water partition coefficient (Wildman–Crippen LogP) is 0.918. The highest BCUT2D eigenvalue weighted by Crippen LogP contribution is 2.76. The molecule has 0 unspecified atom stereocenters. The number of carboxylic acids is 2. The van der Waals surface area contributed by atoms with Crippen LogP contribution in [0.2, 0.25) is 0 Å². The molecule has 0 spiro atoms. The summed E-state index contributed by atoms with van der Waals surface area (Å²) in [5.41, 5.74) is -1.70. The SMILES string of the molecule is CC1(C)CC[C@]2(C(=O)O)CC[C@]3(C)C(=CC[C@@H]4[C@@]5(C)C[C@H](O)[C@H](O[C@@H]6O[C@H](C(=O)O)[C@@H](O[C@@H]7O[C@H](CO)[C@H](O)[C@H](O)[C@H]7O)[C@H](O)[C@H]6O)[C@@](C)(CO)[C@@H]5CC[C@]43C)[C@H]2C1. The van der Waals surface area contributed by atoms with Crippen LogP contribution in [0.4, 0.5) is 0 Å². The van der Waals surface area contributed by atoms with Crippen molar-refractivity contribution in [2.45, 2.75) is 173 Å². The molecule has 16 nitrogen and oxygen atoms in total. The van der Waals surface area contributed by atoms with Gasteiger partial charge in [-0.15, -0.1) is 0 Å². The van der Waals surface area contributed by atoms with Gasteiger partial charge in [-0.05, 0) is 97.2 Å². The van der Waals surface area contributed by atoms with E-state index in [-0.39, 0.29) is 40.4 Å². The summed E-state index contributed by atoms with van der Waals surface area (Å²) in [6.45, 7) is 11.9.